The fraction of sp³-hybridized carbons (Fsp3) is 0.812. The van der Waals surface area contributed by atoms with Crippen molar-refractivity contribution >= 4 is 11.3 Å². The number of nitrogens with zero attached hydrogens (tertiary/aromatic N) is 2. The summed E-state index contributed by atoms with van der Waals surface area (Å²) in [6.45, 7) is 12.1. The maximum Gasteiger partial charge on any atom is 0.122 e. The molecular formula is C16H28N2O2S. The molecule has 1 fully saturated rings. The van der Waals surface area contributed by atoms with Gasteiger partial charge in [-0.05, 0) is 40.5 Å². The minimum Gasteiger partial charge on any atom is -0.381 e. The van der Waals surface area contributed by atoms with E-state index in [9.17, 15) is 0 Å². The lowest BCUT2D eigenvalue weighted by Gasteiger charge is -2.36. The number of hydrogen-bond donors (Lipinski definition) is 0. The first-order valence-corrected chi connectivity index (χ1v) is 8.89. The van der Waals surface area contributed by atoms with Crippen LogP contribution in [0.3, 0.4) is 0 Å². The average Bonchev–Trinajstić information content (AvgIpc) is 2.94. The van der Waals surface area contributed by atoms with E-state index in [4.69, 9.17) is 14.5 Å². The first-order chi connectivity index (χ1) is 10.1. The van der Waals surface area contributed by atoms with E-state index in [1.807, 2.05) is 6.92 Å². The molecule has 21 heavy (non-hydrogen) atoms. The normalized spacial score (nSPS) is 18.6. The smallest absolute Gasteiger partial charge is 0.122 e. The van der Waals surface area contributed by atoms with Gasteiger partial charge in [-0.2, -0.15) is 0 Å². The van der Waals surface area contributed by atoms with Crippen molar-refractivity contribution in [2.75, 3.05) is 19.8 Å². The molecule has 5 heteroatoms. The Morgan fingerprint density at radius 2 is 2.10 bits per heavy atom. The van der Waals surface area contributed by atoms with E-state index < -0.39 is 0 Å². The lowest BCUT2D eigenvalue weighted by atomic mass is 10.1. The second kappa shape index (κ2) is 8.22. The summed E-state index contributed by atoms with van der Waals surface area (Å²) >= 11 is 1.71. The summed E-state index contributed by atoms with van der Waals surface area (Å²) in [5, 5.41) is 3.27. The minimum atomic E-state index is 0.101. The number of ether oxygens (including phenoxy) is 2. The molecule has 0 spiro atoms. The summed E-state index contributed by atoms with van der Waals surface area (Å²) in [7, 11) is 0. The Labute approximate surface area is 132 Å². The molecule has 1 aromatic rings. The second-order valence-corrected chi connectivity index (χ2v) is 6.77. The highest BCUT2D eigenvalue weighted by Crippen LogP contribution is 2.24. The van der Waals surface area contributed by atoms with Crippen LogP contribution in [0.4, 0.5) is 0 Å². The summed E-state index contributed by atoms with van der Waals surface area (Å²) < 4.78 is 11.1. The van der Waals surface area contributed by atoms with Crippen LogP contribution in [0.1, 0.15) is 57.3 Å². The van der Waals surface area contributed by atoms with Crippen LogP contribution in [0.15, 0.2) is 5.38 Å². The number of hydrogen-bond acceptors (Lipinski definition) is 5. The topological polar surface area (TPSA) is 34.6 Å². The van der Waals surface area contributed by atoms with Crippen LogP contribution in [-0.2, 0) is 16.0 Å². The molecule has 1 aliphatic heterocycles. The van der Waals surface area contributed by atoms with Crippen LogP contribution >= 0.6 is 11.3 Å². The number of thiazole rings is 1. The molecule has 0 amide bonds. The van der Waals surface area contributed by atoms with Gasteiger partial charge in [0.15, 0.2) is 0 Å². The lowest BCUT2D eigenvalue weighted by molar-refractivity contribution is 0.0182. The largest absolute Gasteiger partial charge is 0.381 e. The van der Waals surface area contributed by atoms with E-state index in [-0.39, 0.29) is 6.10 Å². The van der Waals surface area contributed by atoms with Crippen LogP contribution in [-0.4, -0.2) is 41.8 Å². The molecule has 4 nitrogen and oxygen atoms in total. The molecular weight excluding hydrogens is 284 g/mol. The summed E-state index contributed by atoms with van der Waals surface area (Å²) in [5.41, 5.74) is 1.17. The van der Waals surface area contributed by atoms with Crippen molar-refractivity contribution in [3.63, 3.8) is 0 Å². The van der Waals surface area contributed by atoms with Gasteiger partial charge in [-0.25, -0.2) is 4.98 Å². The fourth-order valence-corrected chi connectivity index (χ4v) is 3.65. The molecule has 0 saturated carbocycles. The summed E-state index contributed by atoms with van der Waals surface area (Å²) in [5.74, 6) is 0. The highest BCUT2D eigenvalue weighted by atomic mass is 32.1. The van der Waals surface area contributed by atoms with Gasteiger partial charge in [-0.3, -0.25) is 4.90 Å². The van der Waals surface area contributed by atoms with Crippen molar-refractivity contribution in [3.05, 3.63) is 16.1 Å². The van der Waals surface area contributed by atoms with Crippen molar-refractivity contribution in [2.24, 2.45) is 0 Å². The monoisotopic (exact) mass is 312 g/mol. The zero-order valence-corrected chi connectivity index (χ0v) is 14.5. The highest BCUT2D eigenvalue weighted by molar-refractivity contribution is 7.09. The third-order valence-electron chi connectivity index (χ3n) is 4.00. The molecule has 0 aromatic carbocycles. The van der Waals surface area contributed by atoms with Crippen LogP contribution < -0.4 is 0 Å². The standard InChI is InChI=1S/C16H28N2O2S/c1-5-20-13(4)16-17-14(11-21-16)10-18(12(2)3)15-6-8-19-9-7-15/h11-13,15H,5-10H2,1-4H3/t13-/m0/s1. The van der Waals surface area contributed by atoms with Crippen LogP contribution in [0.2, 0.25) is 0 Å². The Morgan fingerprint density at radius 1 is 1.38 bits per heavy atom. The van der Waals surface area contributed by atoms with E-state index >= 15 is 0 Å². The Morgan fingerprint density at radius 3 is 2.71 bits per heavy atom. The van der Waals surface area contributed by atoms with Gasteiger partial charge < -0.3 is 9.47 Å². The van der Waals surface area contributed by atoms with Crippen molar-refractivity contribution < 1.29 is 9.47 Å². The van der Waals surface area contributed by atoms with Gasteiger partial charge in [0.05, 0.1) is 5.69 Å². The van der Waals surface area contributed by atoms with Crippen molar-refractivity contribution in [1.29, 1.82) is 0 Å². The van der Waals surface area contributed by atoms with Gasteiger partial charge in [0.2, 0.25) is 0 Å². The molecule has 1 saturated heterocycles. The van der Waals surface area contributed by atoms with Crippen LogP contribution in [0.25, 0.3) is 0 Å². The maximum absolute atomic E-state index is 5.63. The van der Waals surface area contributed by atoms with E-state index in [2.05, 4.69) is 31.1 Å². The fourth-order valence-electron chi connectivity index (χ4n) is 2.84. The van der Waals surface area contributed by atoms with E-state index in [1.165, 1.54) is 5.69 Å². The Balaban J connectivity index is 1.99. The maximum atomic E-state index is 5.63. The zero-order chi connectivity index (χ0) is 15.2. The molecule has 0 N–H and O–H groups in total. The number of rotatable bonds is 7. The molecule has 2 rings (SSSR count). The van der Waals surface area contributed by atoms with Gasteiger partial charge in [0.1, 0.15) is 11.1 Å². The van der Waals surface area contributed by atoms with Gasteiger partial charge >= 0.3 is 0 Å². The molecule has 120 valence electrons. The van der Waals surface area contributed by atoms with Gasteiger partial charge in [0.25, 0.3) is 0 Å². The first-order valence-electron chi connectivity index (χ1n) is 8.01. The molecule has 1 aromatic heterocycles. The van der Waals surface area contributed by atoms with E-state index in [0.717, 1.165) is 44.2 Å². The molecule has 2 heterocycles. The predicted molar refractivity (Wildman–Crippen MR) is 86.7 cm³/mol. The Hall–Kier alpha value is -0.490. The molecule has 0 bridgehead atoms. The van der Waals surface area contributed by atoms with Crippen molar-refractivity contribution in [2.45, 2.75) is 65.3 Å². The summed E-state index contributed by atoms with van der Waals surface area (Å²) in [6.07, 6.45) is 2.36. The predicted octanol–water partition coefficient (Wildman–Crippen LogP) is 3.63. The quantitative estimate of drug-likeness (QED) is 0.770. The average molecular weight is 312 g/mol. The molecule has 0 radical (unpaired) electrons. The third-order valence-corrected chi connectivity index (χ3v) is 5.06. The van der Waals surface area contributed by atoms with Crippen LogP contribution in [0.5, 0.6) is 0 Å². The third kappa shape index (κ3) is 4.74. The molecule has 1 aliphatic rings. The summed E-state index contributed by atoms with van der Waals surface area (Å²) in [4.78, 5) is 7.33. The SMILES string of the molecule is CCO[C@@H](C)c1nc(CN(C(C)C)C2CCOCC2)cs1. The molecule has 0 aliphatic carbocycles. The highest BCUT2D eigenvalue weighted by Gasteiger charge is 2.24. The second-order valence-electron chi connectivity index (χ2n) is 5.88. The molecule has 0 unspecified atom stereocenters. The molecule has 1 atom stereocenters. The van der Waals surface area contributed by atoms with Gasteiger partial charge in [-0.1, -0.05) is 0 Å². The van der Waals surface area contributed by atoms with E-state index in [1.54, 1.807) is 11.3 Å². The summed E-state index contributed by atoms with van der Waals surface area (Å²) in [6, 6.07) is 1.15. The minimum absolute atomic E-state index is 0.101. The van der Waals surface area contributed by atoms with Crippen molar-refractivity contribution in [3.8, 4) is 0 Å². The Kier molecular flexibility index (Phi) is 6.61. The number of aromatic nitrogens is 1. The Bertz CT molecular complexity index is 416. The van der Waals surface area contributed by atoms with E-state index in [0.29, 0.717) is 12.1 Å². The zero-order valence-electron chi connectivity index (χ0n) is 13.7. The first kappa shape index (κ1) is 16.9. The van der Waals surface area contributed by atoms with Gasteiger partial charge in [-0.15, -0.1) is 11.3 Å². The van der Waals surface area contributed by atoms with Crippen LogP contribution in [0, 0.1) is 0 Å². The van der Waals surface area contributed by atoms with Gasteiger partial charge in [0, 0.05) is 43.8 Å². The lowest BCUT2D eigenvalue weighted by Crippen LogP contribution is -2.43. The van der Waals surface area contributed by atoms with Crippen molar-refractivity contribution in [1.82, 2.24) is 9.88 Å².